The van der Waals surface area contributed by atoms with E-state index in [0.717, 1.165) is 36.5 Å². The quantitative estimate of drug-likeness (QED) is 0.520. The van der Waals surface area contributed by atoms with Gasteiger partial charge < -0.3 is 4.74 Å². The molecule has 1 aromatic carbocycles. The molecule has 0 amide bonds. The van der Waals surface area contributed by atoms with Crippen molar-refractivity contribution in [2.75, 3.05) is 18.1 Å². The summed E-state index contributed by atoms with van der Waals surface area (Å²) in [7, 11) is 0. The summed E-state index contributed by atoms with van der Waals surface area (Å²) in [6, 6.07) is 7.43. The van der Waals surface area contributed by atoms with Crippen LogP contribution >= 0.6 is 11.8 Å². The molecule has 17 heavy (non-hydrogen) atoms. The summed E-state index contributed by atoms with van der Waals surface area (Å²) in [6.07, 6.45) is 2.11. The Kier molecular flexibility index (Phi) is 6.78. The molecule has 0 unspecified atom stereocenters. The zero-order valence-electron chi connectivity index (χ0n) is 10.6. The molecule has 0 N–H and O–H groups in total. The fourth-order valence-electron chi connectivity index (χ4n) is 1.35. The molecular weight excluding hydrogens is 232 g/mol. The Bertz CT molecular complexity index is 333. The Morgan fingerprint density at radius 2 is 1.88 bits per heavy atom. The lowest BCUT2D eigenvalue weighted by molar-refractivity contribution is 0.102. The number of ketones is 1. The maximum Gasteiger partial charge on any atom is 0.172 e. The molecular formula is C14H20O2S. The highest BCUT2D eigenvalue weighted by atomic mass is 32.2. The van der Waals surface area contributed by atoms with Gasteiger partial charge in [-0.05, 0) is 42.9 Å². The van der Waals surface area contributed by atoms with Crippen LogP contribution in [0.25, 0.3) is 0 Å². The minimum Gasteiger partial charge on any atom is -0.494 e. The first-order valence-electron chi connectivity index (χ1n) is 6.11. The van der Waals surface area contributed by atoms with E-state index in [1.165, 1.54) is 0 Å². The first-order chi connectivity index (χ1) is 8.27. The molecule has 0 saturated heterocycles. The maximum atomic E-state index is 11.8. The Morgan fingerprint density at radius 3 is 2.47 bits per heavy atom. The van der Waals surface area contributed by atoms with E-state index < -0.39 is 0 Å². The van der Waals surface area contributed by atoms with E-state index in [0.29, 0.717) is 5.75 Å². The van der Waals surface area contributed by atoms with Crippen LogP contribution in [-0.4, -0.2) is 23.9 Å². The summed E-state index contributed by atoms with van der Waals surface area (Å²) in [5.74, 6) is 2.65. The second-order valence-electron chi connectivity index (χ2n) is 3.85. The molecule has 0 fully saturated rings. The molecule has 94 valence electrons. The number of hydrogen-bond donors (Lipinski definition) is 0. The summed E-state index contributed by atoms with van der Waals surface area (Å²) >= 11 is 1.69. The number of carbonyl (C=O) groups excluding carboxylic acids is 1. The summed E-state index contributed by atoms with van der Waals surface area (Å²) in [5, 5.41) is 0. The number of benzene rings is 1. The molecule has 0 aromatic heterocycles. The molecule has 1 rings (SSSR count). The molecule has 0 spiro atoms. The number of Topliss-reactive ketones (excluding diaryl/α,β-unsaturated/α-hetero) is 1. The molecule has 3 heteroatoms. The highest BCUT2D eigenvalue weighted by Crippen LogP contribution is 2.14. The predicted molar refractivity (Wildman–Crippen MR) is 74.2 cm³/mol. The van der Waals surface area contributed by atoms with Crippen LogP contribution in [0.2, 0.25) is 0 Å². The van der Waals surface area contributed by atoms with Gasteiger partial charge >= 0.3 is 0 Å². The SMILES string of the molecule is CCCOc1ccc(C(=O)CSCCC)cc1. The average molecular weight is 252 g/mol. The van der Waals surface area contributed by atoms with Gasteiger partial charge in [-0.3, -0.25) is 4.79 Å². The first-order valence-corrected chi connectivity index (χ1v) is 7.27. The molecule has 0 bridgehead atoms. The Labute approximate surface area is 108 Å². The molecule has 0 atom stereocenters. The zero-order valence-corrected chi connectivity index (χ0v) is 11.4. The van der Waals surface area contributed by atoms with Gasteiger partial charge in [-0.1, -0.05) is 13.8 Å². The molecule has 2 nitrogen and oxygen atoms in total. The van der Waals surface area contributed by atoms with Gasteiger partial charge in [0.25, 0.3) is 0 Å². The number of carbonyl (C=O) groups is 1. The van der Waals surface area contributed by atoms with Gasteiger partial charge in [-0.15, -0.1) is 0 Å². The van der Waals surface area contributed by atoms with Crippen molar-refractivity contribution in [3.8, 4) is 5.75 Å². The molecule has 1 aromatic rings. The van der Waals surface area contributed by atoms with Gasteiger partial charge in [0.05, 0.1) is 12.4 Å². The molecule has 0 saturated carbocycles. The summed E-state index contributed by atoms with van der Waals surface area (Å²) in [5.41, 5.74) is 0.775. The summed E-state index contributed by atoms with van der Waals surface area (Å²) < 4.78 is 5.47. The van der Waals surface area contributed by atoms with E-state index in [2.05, 4.69) is 13.8 Å². The molecule has 0 aliphatic carbocycles. The van der Waals surface area contributed by atoms with Crippen LogP contribution in [-0.2, 0) is 0 Å². The summed E-state index contributed by atoms with van der Waals surface area (Å²) in [4.78, 5) is 11.8. The van der Waals surface area contributed by atoms with Crippen LogP contribution in [0.15, 0.2) is 24.3 Å². The van der Waals surface area contributed by atoms with Crippen LogP contribution < -0.4 is 4.74 Å². The van der Waals surface area contributed by atoms with Crippen molar-refractivity contribution >= 4 is 17.5 Å². The van der Waals surface area contributed by atoms with Gasteiger partial charge in [-0.25, -0.2) is 0 Å². The zero-order chi connectivity index (χ0) is 12.5. The number of ether oxygens (including phenoxy) is 1. The standard InChI is InChI=1S/C14H20O2S/c1-3-9-16-13-7-5-12(6-8-13)14(15)11-17-10-4-2/h5-8H,3-4,9-11H2,1-2H3. The van der Waals surface area contributed by atoms with Gasteiger partial charge in [0.1, 0.15) is 5.75 Å². The van der Waals surface area contributed by atoms with E-state index in [1.54, 1.807) is 11.8 Å². The predicted octanol–water partition coefficient (Wildman–Crippen LogP) is 3.80. The minimum atomic E-state index is 0.200. The van der Waals surface area contributed by atoms with Gasteiger partial charge in [0.15, 0.2) is 5.78 Å². The van der Waals surface area contributed by atoms with Crippen molar-refractivity contribution < 1.29 is 9.53 Å². The second-order valence-corrected chi connectivity index (χ2v) is 4.95. The monoisotopic (exact) mass is 252 g/mol. The number of hydrogen-bond acceptors (Lipinski definition) is 3. The second kappa shape index (κ2) is 8.18. The largest absolute Gasteiger partial charge is 0.494 e. The van der Waals surface area contributed by atoms with Crippen molar-refractivity contribution in [1.29, 1.82) is 0 Å². The van der Waals surface area contributed by atoms with Crippen molar-refractivity contribution in [2.45, 2.75) is 26.7 Å². The van der Waals surface area contributed by atoms with E-state index in [1.807, 2.05) is 24.3 Å². The molecule has 0 aliphatic rings. The van der Waals surface area contributed by atoms with E-state index >= 15 is 0 Å². The fraction of sp³-hybridized carbons (Fsp3) is 0.500. The first kappa shape index (κ1) is 14.1. The number of rotatable bonds is 8. The van der Waals surface area contributed by atoms with Crippen LogP contribution in [0.4, 0.5) is 0 Å². The average Bonchev–Trinajstić information content (AvgIpc) is 2.37. The van der Waals surface area contributed by atoms with Crippen LogP contribution in [0.1, 0.15) is 37.0 Å². The minimum absolute atomic E-state index is 0.200. The van der Waals surface area contributed by atoms with Crippen molar-refractivity contribution in [2.24, 2.45) is 0 Å². The molecule has 0 aliphatic heterocycles. The van der Waals surface area contributed by atoms with Gasteiger partial charge in [0.2, 0.25) is 0 Å². The lowest BCUT2D eigenvalue weighted by Gasteiger charge is -2.05. The van der Waals surface area contributed by atoms with Gasteiger partial charge in [0, 0.05) is 5.56 Å². The Morgan fingerprint density at radius 1 is 1.18 bits per heavy atom. The lowest BCUT2D eigenvalue weighted by atomic mass is 10.1. The third-order valence-corrected chi connectivity index (χ3v) is 3.39. The van der Waals surface area contributed by atoms with Crippen molar-refractivity contribution in [1.82, 2.24) is 0 Å². The van der Waals surface area contributed by atoms with Crippen LogP contribution in [0.3, 0.4) is 0 Å². The smallest absolute Gasteiger partial charge is 0.172 e. The maximum absolute atomic E-state index is 11.8. The van der Waals surface area contributed by atoms with Crippen molar-refractivity contribution in [3.63, 3.8) is 0 Å². The topological polar surface area (TPSA) is 26.3 Å². The Balaban J connectivity index is 2.46. The van der Waals surface area contributed by atoms with Gasteiger partial charge in [-0.2, -0.15) is 11.8 Å². The fourth-order valence-corrected chi connectivity index (χ4v) is 2.13. The highest BCUT2D eigenvalue weighted by molar-refractivity contribution is 7.99. The number of thioether (sulfide) groups is 1. The third kappa shape index (κ3) is 5.26. The highest BCUT2D eigenvalue weighted by Gasteiger charge is 2.05. The van der Waals surface area contributed by atoms with E-state index in [-0.39, 0.29) is 5.78 Å². The third-order valence-electron chi connectivity index (χ3n) is 2.23. The van der Waals surface area contributed by atoms with Crippen LogP contribution in [0.5, 0.6) is 5.75 Å². The van der Waals surface area contributed by atoms with Crippen molar-refractivity contribution in [3.05, 3.63) is 29.8 Å². The van der Waals surface area contributed by atoms with Crippen LogP contribution in [0, 0.1) is 0 Å². The van der Waals surface area contributed by atoms with E-state index in [9.17, 15) is 4.79 Å². The lowest BCUT2D eigenvalue weighted by Crippen LogP contribution is -2.03. The Hall–Kier alpha value is -0.960. The normalized spacial score (nSPS) is 10.2. The van der Waals surface area contributed by atoms with E-state index in [4.69, 9.17) is 4.74 Å². The molecule has 0 heterocycles. The molecule has 0 radical (unpaired) electrons. The summed E-state index contributed by atoms with van der Waals surface area (Å²) in [6.45, 7) is 4.92.